The van der Waals surface area contributed by atoms with E-state index in [1.807, 2.05) is 36.4 Å². The Labute approximate surface area is 206 Å². The average molecular weight is 491 g/mol. The molecule has 4 rings (SSSR count). The maximum absolute atomic E-state index is 5.68. The van der Waals surface area contributed by atoms with Crippen LogP contribution in [0.25, 0.3) is 23.1 Å². The van der Waals surface area contributed by atoms with E-state index in [1.54, 1.807) is 6.20 Å². The number of nitrogens with two attached hydrogens (primary N) is 1. The van der Waals surface area contributed by atoms with Gasteiger partial charge in [-0.1, -0.05) is 42.0 Å². The van der Waals surface area contributed by atoms with Crippen molar-refractivity contribution in [1.82, 2.24) is 15.0 Å². The van der Waals surface area contributed by atoms with E-state index >= 15 is 0 Å². The molecule has 2 heterocycles. The molecular formula is C24H26Cl3N5. The van der Waals surface area contributed by atoms with E-state index in [-0.39, 0.29) is 37.2 Å². The van der Waals surface area contributed by atoms with Crippen molar-refractivity contribution < 1.29 is 0 Å². The number of hydrogen-bond acceptors (Lipinski definition) is 5. The zero-order valence-corrected chi connectivity index (χ0v) is 20.0. The van der Waals surface area contributed by atoms with Crippen LogP contribution in [0.4, 0.5) is 5.82 Å². The summed E-state index contributed by atoms with van der Waals surface area (Å²) in [4.78, 5) is 13.8. The number of aryl methyl sites for hydroxylation is 1. The van der Waals surface area contributed by atoms with Gasteiger partial charge in [-0.25, -0.2) is 9.97 Å². The first-order valence-electron chi connectivity index (χ1n) is 9.60. The molecule has 0 fully saturated rings. The minimum atomic E-state index is 0. The van der Waals surface area contributed by atoms with Gasteiger partial charge in [-0.05, 0) is 54.5 Å². The Morgan fingerprint density at radius 3 is 2.31 bits per heavy atom. The standard InChI is InChI=1S/C24H23N5.3ClH/c1-17-5-11-22-21(14-17)24(27-16-19-8-6-18(15-25)7-9-19)29-23(28-22)12-10-20-4-2-3-13-26-20;;;/h2-14H,15-16,25H2,1H3,(H,27,28,29);3*1H/b12-10+;;;. The third kappa shape index (κ3) is 6.90. The lowest BCUT2D eigenvalue weighted by Crippen LogP contribution is -2.05. The number of halogens is 3. The summed E-state index contributed by atoms with van der Waals surface area (Å²) in [5, 5.41) is 4.49. The highest BCUT2D eigenvalue weighted by Gasteiger charge is 2.07. The molecule has 0 aliphatic carbocycles. The molecule has 0 saturated heterocycles. The van der Waals surface area contributed by atoms with Crippen LogP contribution in [0.15, 0.2) is 66.9 Å². The summed E-state index contributed by atoms with van der Waals surface area (Å²) in [7, 11) is 0. The summed E-state index contributed by atoms with van der Waals surface area (Å²) in [6.07, 6.45) is 5.58. The number of fused-ring (bicyclic) bond motifs is 1. The Kier molecular flexibility index (Phi) is 11.1. The molecule has 0 amide bonds. The first kappa shape index (κ1) is 27.3. The Morgan fingerprint density at radius 1 is 0.875 bits per heavy atom. The number of nitrogens with one attached hydrogen (secondary N) is 1. The zero-order chi connectivity index (χ0) is 20.1. The van der Waals surface area contributed by atoms with Gasteiger partial charge in [-0.2, -0.15) is 0 Å². The van der Waals surface area contributed by atoms with Gasteiger partial charge in [0.25, 0.3) is 0 Å². The molecule has 2 aromatic carbocycles. The van der Waals surface area contributed by atoms with Crippen molar-refractivity contribution in [3.63, 3.8) is 0 Å². The molecule has 8 heteroatoms. The minimum absolute atomic E-state index is 0. The van der Waals surface area contributed by atoms with Crippen LogP contribution in [-0.4, -0.2) is 15.0 Å². The number of nitrogens with zero attached hydrogens (tertiary/aromatic N) is 3. The molecule has 0 atom stereocenters. The maximum atomic E-state index is 5.68. The molecule has 32 heavy (non-hydrogen) atoms. The second-order valence-electron chi connectivity index (χ2n) is 6.91. The van der Waals surface area contributed by atoms with Crippen molar-refractivity contribution in [3.05, 3.63) is 95.1 Å². The normalized spacial score (nSPS) is 10.2. The van der Waals surface area contributed by atoms with E-state index in [0.29, 0.717) is 18.9 Å². The van der Waals surface area contributed by atoms with Gasteiger partial charge in [0.1, 0.15) is 5.82 Å². The molecule has 0 unspecified atom stereocenters. The molecule has 0 spiro atoms. The number of anilines is 1. The van der Waals surface area contributed by atoms with E-state index in [9.17, 15) is 0 Å². The predicted molar refractivity (Wildman–Crippen MR) is 141 cm³/mol. The summed E-state index contributed by atoms with van der Waals surface area (Å²) < 4.78 is 0. The highest BCUT2D eigenvalue weighted by atomic mass is 35.5. The number of hydrogen-bond donors (Lipinski definition) is 2. The van der Waals surface area contributed by atoms with Gasteiger partial charge >= 0.3 is 0 Å². The van der Waals surface area contributed by atoms with Crippen molar-refractivity contribution in [1.29, 1.82) is 0 Å². The van der Waals surface area contributed by atoms with Gasteiger partial charge in [0.2, 0.25) is 0 Å². The lowest BCUT2D eigenvalue weighted by Gasteiger charge is -2.11. The summed E-state index contributed by atoms with van der Waals surface area (Å²) in [5.74, 6) is 1.47. The van der Waals surface area contributed by atoms with Gasteiger partial charge < -0.3 is 11.1 Å². The summed E-state index contributed by atoms with van der Waals surface area (Å²) in [6, 6.07) is 20.3. The molecule has 4 aromatic rings. The van der Waals surface area contributed by atoms with Crippen LogP contribution in [0, 0.1) is 6.92 Å². The first-order chi connectivity index (χ1) is 14.2. The fraction of sp³-hybridized carbons (Fsp3) is 0.125. The third-order valence-corrected chi connectivity index (χ3v) is 4.68. The van der Waals surface area contributed by atoms with Crippen LogP contribution in [0.3, 0.4) is 0 Å². The average Bonchev–Trinajstić information content (AvgIpc) is 2.77. The lowest BCUT2D eigenvalue weighted by molar-refractivity contribution is 1.05. The van der Waals surface area contributed by atoms with E-state index in [0.717, 1.165) is 28.0 Å². The minimum Gasteiger partial charge on any atom is -0.365 e. The van der Waals surface area contributed by atoms with Crippen LogP contribution in [0.2, 0.25) is 0 Å². The van der Waals surface area contributed by atoms with Crippen molar-refractivity contribution in [2.75, 3.05) is 5.32 Å². The van der Waals surface area contributed by atoms with E-state index in [1.165, 1.54) is 11.1 Å². The molecule has 0 aliphatic rings. The Balaban J connectivity index is 0.00000171. The monoisotopic (exact) mass is 489 g/mol. The molecule has 0 aliphatic heterocycles. The topological polar surface area (TPSA) is 76.7 Å². The fourth-order valence-electron chi connectivity index (χ4n) is 3.08. The van der Waals surface area contributed by atoms with E-state index < -0.39 is 0 Å². The van der Waals surface area contributed by atoms with Crippen LogP contribution in [0.5, 0.6) is 0 Å². The van der Waals surface area contributed by atoms with E-state index in [4.69, 9.17) is 15.7 Å². The maximum Gasteiger partial charge on any atom is 0.155 e. The van der Waals surface area contributed by atoms with Gasteiger partial charge in [-0.15, -0.1) is 37.2 Å². The molecular weight excluding hydrogens is 465 g/mol. The van der Waals surface area contributed by atoms with Crippen molar-refractivity contribution in [2.45, 2.75) is 20.0 Å². The highest BCUT2D eigenvalue weighted by Crippen LogP contribution is 2.23. The summed E-state index contributed by atoms with van der Waals surface area (Å²) in [6.45, 7) is 3.30. The second kappa shape index (κ2) is 13.0. The molecule has 3 N–H and O–H groups in total. The van der Waals surface area contributed by atoms with Crippen LogP contribution >= 0.6 is 37.2 Å². The van der Waals surface area contributed by atoms with Crippen LogP contribution < -0.4 is 11.1 Å². The van der Waals surface area contributed by atoms with Crippen LogP contribution in [-0.2, 0) is 13.1 Å². The van der Waals surface area contributed by atoms with Crippen molar-refractivity contribution >= 4 is 66.1 Å². The Morgan fingerprint density at radius 2 is 1.62 bits per heavy atom. The quantitative estimate of drug-likeness (QED) is 0.355. The number of pyridine rings is 1. The number of aromatic nitrogens is 3. The summed E-state index contributed by atoms with van der Waals surface area (Å²) >= 11 is 0. The smallest absolute Gasteiger partial charge is 0.155 e. The van der Waals surface area contributed by atoms with E-state index in [2.05, 4.69) is 53.6 Å². The number of benzene rings is 2. The fourth-order valence-corrected chi connectivity index (χ4v) is 3.08. The molecule has 0 radical (unpaired) electrons. The third-order valence-electron chi connectivity index (χ3n) is 4.68. The van der Waals surface area contributed by atoms with Gasteiger partial charge in [0.15, 0.2) is 5.82 Å². The lowest BCUT2D eigenvalue weighted by atomic mass is 10.1. The second-order valence-corrected chi connectivity index (χ2v) is 6.91. The largest absolute Gasteiger partial charge is 0.365 e. The van der Waals surface area contributed by atoms with Gasteiger partial charge in [-0.3, -0.25) is 4.98 Å². The van der Waals surface area contributed by atoms with Crippen LogP contribution in [0.1, 0.15) is 28.2 Å². The zero-order valence-electron chi connectivity index (χ0n) is 17.6. The van der Waals surface area contributed by atoms with Crippen molar-refractivity contribution in [3.8, 4) is 0 Å². The van der Waals surface area contributed by atoms with Gasteiger partial charge in [0.05, 0.1) is 11.2 Å². The highest BCUT2D eigenvalue weighted by molar-refractivity contribution is 5.90. The Bertz CT molecular complexity index is 1150. The van der Waals surface area contributed by atoms with Crippen molar-refractivity contribution in [2.24, 2.45) is 5.73 Å². The predicted octanol–water partition coefficient (Wildman–Crippen LogP) is 5.84. The Hall–Kier alpha value is -2.70. The summed E-state index contributed by atoms with van der Waals surface area (Å²) in [5.41, 5.74) is 10.9. The molecule has 5 nitrogen and oxygen atoms in total. The molecule has 168 valence electrons. The SMILES string of the molecule is Cc1ccc2nc(/C=C/c3ccccn3)nc(NCc3ccc(CN)cc3)c2c1.Cl.Cl.Cl. The molecule has 2 aromatic heterocycles. The van der Waals surface area contributed by atoms with Gasteiger partial charge in [0, 0.05) is 24.7 Å². The first-order valence-corrected chi connectivity index (χ1v) is 9.60. The molecule has 0 saturated carbocycles. The molecule has 0 bridgehead atoms. The number of rotatable bonds is 6.